The average Bonchev–Trinajstić information content (AvgIpc) is 3.05. The first-order valence-electron chi connectivity index (χ1n) is 10.6. The number of nitrogens with zero attached hydrogens (tertiary/aromatic N) is 1. The second-order valence-electron chi connectivity index (χ2n) is 7.59. The standard InChI is InChI=1S/C23H30N2O4S/c1-3-19-8-12-21(13-9-19)29-18(2)23(26)24-20-10-14-22(15-11-20)30(27,28)25-16-6-4-5-7-17-25/h8-15,18H,3-7,16-17H2,1-2H3,(H,24,26). The number of hydrogen-bond donors (Lipinski definition) is 1. The van der Waals surface area contributed by atoms with E-state index in [4.69, 9.17) is 4.74 Å². The molecule has 6 nitrogen and oxygen atoms in total. The van der Waals surface area contributed by atoms with Crippen molar-refractivity contribution >= 4 is 21.6 Å². The molecule has 30 heavy (non-hydrogen) atoms. The summed E-state index contributed by atoms with van der Waals surface area (Å²) in [5.41, 5.74) is 1.74. The Morgan fingerprint density at radius 3 is 2.17 bits per heavy atom. The molecule has 1 saturated heterocycles. The molecule has 2 aromatic carbocycles. The molecule has 162 valence electrons. The van der Waals surface area contributed by atoms with Crippen molar-refractivity contribution in [2.45, 2.75) is 57.0 Å². The molecule has 2 aromatic rings. The van der Waals surface area contributed by atoms with Gasteiger partial charge in [0.15, 0.2) is 6.10 Å². The normalized spacial score (nSPS) is 16.5. The van der Waals surface area contributed by atoms with Crippen LogP contribution in [0.2, 0.25) is 0 Å². The van der Waals surface area contributed by atoms with Crippen LogP contribution in [0.4, 0.5) is 5.69 Å². The van der Waals surface area contributed by atoms with E-state index in [-0.39, 0.29) is 10.8 Å². The van der Waals surface area contributed by atoms with E-state index in [2.05, 4.69) is 12.2 Å². The van der Waals surface area contributed by atoms with E-state index in [0.29, 0.717) is 24.5 Å². The Kier molecular flexibility index (Phi) is 7.50. The molecule has 1 N–H and O–H groups in total. The van der Waals surface area contributed by atoms with Gasteiger partial charge in [-0.2, -0.15) is 4.31 Å². The molecule has 1 unspecified atom stereocenters. The van der Waals surface area contributed by atoms with Crippen molar-refractivity contribution in [2.75, 3.05) is 18.4 Å². The number of ether oxygens (including phenoxy) is 1. The zero-order chi connectivity index (χ0) is 21.6. The third-order valence-electron chi connectivity index (χ3n) is 5.34. The molecule has 0 aliphatic carbocycles. The lowest BCUT2D eigenvalue weighted by molar-refractivity contribution is -0.122. The van der Waals surface area contributed by atoms with E-state index in [1.807, 2.05) is 24.3 Å². The Labute approximate surface area is 179 Å². The molecule has 1 fully saturated rings. The van der Waals surface area contributed by atoms with Crippen molar-refractivity contribution in [1.82, 2.24) is 4.31 Å². The molecule has 0 radical (unpaired) electrons. The van der Waals surface area contributed by atoms with E-state index in [9.17, 15) is 13.2 Å². The summed E-state index contributed by atoms with van der Waals surface area (Å²) in [4.78, 5) is 12.7. The van der Waals surface area contributed by atoms with Crippen LogP contribution in [-0.4, -0.2) is 37.8 Å². The second kappa shape index (κ2) is 10.1. The maximum atomic E-state index is 12.8. The number of carbonyl (C=O) groups excluding carboxylic acids is 1. The Hall–Kier alpha value is -2.38. The van der Waals surface area contributed by atoms with E-state index in [1.54, 1.807) is 35.5 Å². The quantitative estimate of drug-likeness (QED) is 0.714. The minimum absolute atomic E-state index is 0.253. The van der Waals surface area contributed by atoms with Gasteiger partial charge in [-0.25, -0.2) is 8.42 Å². The topological polar surface area (TPSA) is 75.7 Å². The maximum absolute atomic E-state index is 12.8. The lowest BCUT2D eigenvalue weighted by atomic mass is 10.2. The fourth-order valence-electron chi connectivity index (χ4n) is 3.45. The molecule has 1 heterocycles. The molecule has 7 heteroatoms. The van der Waals surface area contributed by atoms with Gasteiger partial charge in [0.1, 0.15) is 5.75 Å². The Bertz CT molecular complexity index is 932. The van der Waals surface area contributed by atoms with Gasteiger partial charge in [0, 0.05) is 18.8 Å². The van der Waals surface area contributed by atoms with E-state index >= 15 is 0 Å². The largest absolute Gasteiger partial charge is 0.481 e. The Balaban J connectivity index is 1.60. The minimum Gasteiger partial charge on any atom is -0.481 e. The fraction of sp³-hybridized carbons (Fsp3) is 0.435. The predicted octanol–water partition coefficient (Wildman–Crippen LogP) is 4.22. The number of sulfonamides is 1. The molecule has 0 saturated carbocycles. The van der Waals surface area contributed by atoms with Gasteiger partial charge in [-0.15, -0.1) is 0 Å². The first-order valence-corrected chi connectivity index (χ1v) is 12.0. The molecule has 3 rings (SSSR count). The Morgan fingerprint density at radius 2 is 1.60 bits per heavy atom. The van der Waals surface area contributed by atoms with Gasteiger partial charge in [-0.1, -0.05) is 31.9 Å². The lowest BCUT2D eigenvalue weighted by Gasteiger charge is -2.20. The number of carbonyl (C=O) groups is 1. The maximum Gasteiger partial charge on any atom is 0.265 e. The van der Waals surface area contributed by atoms with Crippen LogP contribution in [0.3, 0.4) is 0 Å². The number of nitrogens with one attached hydrogen (secondary N) is 1. The van der Waals surface area contributed by atoms with Crippen LogP contribution in [-0.2, 0) is 21.2 Å². The third-order valence-corrected chi connectivity index (χ3v) is 7.25. The van der Waals surface area contributed by atoms with Gasteiger partial charge in [-0.3, -0.25) is 4.79 Å². The van der Waals surface area contributed by atoms with E-state index in [1.165, 1.54) is 5.56 Å². The summed E-state index contributed by atoms with van der Waals surface area (Å²) < 4.78 is 33.0. The minimum atomic E-state index is -3.50. The molecular weight excluding hydrogens is 400 g/mol. The number of amides is 1. The molecule has 0 aromatic heterocycles. The van der Waals surface area contributed by atoms with Crippen molar-refractivity contribution in [2.24, 2.45) is 0 Å². The van der Waals surface area contributed by atoms with Crippen LogP contribution in [0.25, 0.3) is 0 Å². The lowest BCUT2D eigenvalue weighted by Crippen LogP contribution is -2.32. The monoisotopic (exact) mass is 430 g/mol. The van der Waals surface area contributed by atoms with E-state index in [0.717, 1.165) is 32.1 Å². The van der Waals surface area contributed by atoms with Crippen LogP contribution in [0.5, 0.6) is 5.75 Å². The summed E-state index contributed by atoms with van der Waals surface area (Å²) >= 11 is 0. The zero-order valence-electron chi connectivity index (χ0n) is 17.6. The number of aryl methyl sites for hydroxylation is 1. The average molecular weight is 431 g/mol. The molecule has 1 amide bonds. The smallest absolute Gasteiger partial charge is 0.265 e. The summed E-state index contributed by atoms with van der Waals surface area (Å²) in [5, 5.41) is 2.78. The van der Waals surface area contributed by atoms with Gasteiger partial charge in [0.05, 0.1) is 4.90 Å². The van der Waals surface area contributed by atoms with Crippen molar-refractivity contribution in [3.05, 3.63) is 54.1 Å². The summed E-state index contributed by atoms with van der Waals surface area (Å²) in [6.45, 7) is 4.89. The highest BCUT2D eigenvalue weighted by Gasteiger charge is 2.25. The van der Waals surface area contributed by atoms with E-state index < -0.39 is 16.1 Å². The number of benzene rings is 2. The SMILES string of the molecule is CCc1ccc(OC(C)C(=O)Nc2ccc(S(=O)(=O)N3CCCCCC3)cc2)cc1. The van der Waals surface area contributed by atoms with Crippen molar-refractivity contribution in [3.63, 3.8) is 0 Å². The second-order valence-corrected chi connectivity index (χ2v) is 9.53. The van der Waals surface area contributed by atoms with Crippen LogP contribution in [0.1, 0.15) is 45.1 Å². The molecular formula is C23H30N2O4S. The predicted molar refractivity (Wildman–Crippen MR) is 118 cm³/mol. The molecule has 1 aliphatic rings. The van der Waals surface area contributed by atoms with Crippen molar-refractivity contribution in [1.29, 1.82) is 0 Å². The van der Waals surface area contributed by atoms with Crippen LogP contribution in [0.15, 0.2) is 53.4 Å². The number of rotatable bonds is 7. The Morgan fingerprint density at radius 1 is 1.00 bits per heavy atom. The van der Waals surface area contributed by atoms with Gasteiger partial charge >= 0.3 is 0 Å². The van der Waals surface area contributed by atoms with Crippen molar-refractivity contribution < 1.29 is 17.9 Å². The highest BCUT2D eigenvalue weighted by molar-refractivity contribution is 7.89. The summed E-state index contributed by atoms with van der Waals surface area (Å²) in [6, 6.07) is 14.0. The highest BCUT2D eigenvalue weighted by Crippen LogP contribution is 2.22. The molecule has 0 spiro atoms. The number of anilines is 1. The van der Waals surface area contributed by atoms with Crippen LogP contribution >= 0.6 is 0 Å². The highest BCUT2D eigenvalue weighted by atomic mass is 32.2. The number of hydrogen-bond acceptors (Lipinski definition) is 4. The molecule has 1 aliphatic heterocycles. The first kappa shape index (κ1) is 22.3. The summed E-state index contributed by atoms with van der Waals surface area (Å²) in [7, 11) is -3.50. The molecule has 1 atom stereocenters. The van der Waals surface area contributed by atoms with Gasteiger partial charge in [-0.05, 0) is 68.1 Å². The van der Waals surface area contributed by atoms with Gasteiger partial charge < -0.3 is 10.1 Å². The van der Waals surface area contributed by atoms with Crippen LogP contribution < -0.4 is 10.1 Å². The molecule has 0 bridgehead atoms. The van der Waals surface area contributed by atoms with Gasteiger partial charge in [0.25, 0.3) is 5.91 Å². The first-order chi connectivity index (χ1) is 14.4. The third kappa shape index (κ3) is 5.61. The van der Waals surface area contributed by atoms with Crippen LogP contribution in [0, 0.1) is 0 Å². The van der Waals surface area contributed by atoms with Crippen molar-refractivity contribution in [3.8, 4) is 5.75 Å². The fourth-order valence-corrected chi connectivity index (χ4v) is 4.96. The summed E-state index contributed by atoms with van der Waals surface area (Å²) in [5.74, 6) is 0.339. The zero-order valence-corrected chi connectivity index (χ0v) is 18.5. The van der Waals surface area contributed by atoms with Gasteiger partial charge in [0.2, 0.25) is 10.0 Å². The summed E-state index contributed by atoms with van der Waals surface area (Å²) in [6.07, 6.45) is 4.19.